The smallest absolute Gasteiger partial charge is 0.305 e. The molecule has 0 aliphatic carbocycles. The van der Waals surface area contributed by atoms with E-state index >= 15 is 0 Å². The number of carbonyl (C=O) groups is 2. The molecular weight excluding hydrogens is 222 g/mol. The lowest BCUT2D eigenvalue weighted by atomic mass is 10.2. The molecule has 0 fully saturated rings. The van der Waals surface area contributed by atoms with E-state index in [4.69, 9.17) is 5.11 Å². The molecule has 0 saturated heterocycles. The highest BCUT2D eigenvalue weighted by molar-refractivity contribution is 5.77. The van der Waals surface area contributed by atoms with Gasteiger partial charge in [-0.1, -0.05) is 0 Å². The third-order valence-corrected chi connectivity index (χ3v) is 2.29. The van der Waals surface area contributed by atoms with E-state index in [1.165, 1.54) is 0 Å². The number of hydrogen-bond donors (Lipinski definition) is 2. The van der Waals surface area contributed by atoms with Gasteiger partial charge in [0.15, 0.2) is 0 Å². The molecule has 1 rings (SSSR count). The quantitative estimate of drug-likeness (QED) is 0.749. The van der Waals surface area contributed by atoms with Gasteiger partial charge >= 0.3 is 5.97 Å². The highest BCUT2D eigenvalue weighted by Crippen LogP contribution is 2.01. The van der Waals surface area contributed by atoms with Gasteiger partial charge in [-0.25, -0.2) is 0 Å². The van der Waals surface area contributed by atoms with Crippen LogP contribution < -0.4 is 5.32 Å². The highest BCUT2D eigenvalue weighted by Gasteiger charge is 2.11. The minimum atomic E-state index is -0.912. The fraction of sp³-hybridized carbons (Fsp3) is 0.545. The number of nitrogens with zero attached hydrogens (tertiary/aromatic N) is 2. The van der Waals surface area contributed by atoms with Crippen LogP contribution in [0.3, 0.4) is 0 Å². The van der Waals surface area contributed by atoms with Crippen molar-refractivity contribution in [3.63, 3.8) is 0 Å². The molecule has 6 heteroatoms. The minimum absolute atomic E-state index is 0.0569. The molecule has 0 aliphatic heterocycles. The Kier molecular flexibility index (Phi) is 4.68. The lowest BCUT2D eigenvalue weighted by Gasteiger charge is -2.10. The van der Waals surface area contributed by atoms with Crippen LogP contribution in [0.5, 0.6) is 0 Å². The summed E-state index contributed by atoms with van der Waals surface area (Å²) in [7, 11) is 1.82. The standard InChI is InChI=1S/C11H17N3O3/c1-8(5-11(16)17)13-10(15)4-3-9-6-12-14(2)7-9/h6-8H,3-5H2,1-2H3,(H,13,15)(H,16,17). The second-order valence-electron chi connectivity index (χ2n) is 4.09. The summed E-state index contributed by atoms with van der Waals surface area (Å²) in [5, 5.41) is 15.2. The Morgan fingerprint density at radius 3 is 2.82 bits per heavy atom. The van der Waals surface area contributed by atoms with Crippen molar-refractivity contribution in [2.45, 2.75) is 32.2 Å². The summed E-state index contributed by atoms with van der Waals surface area (Å²) in [5.74, 6) is -1.05. The van der Waals surface area contributed by atoms with Crippen LogP contribution in [0, 0.1) is 0 Å². The van der Waals surface area contributed by atoms with E-state index in [-0.39, 0.29) is 18.4 Å². The molecule has 6 nitrogen and oxygen atoms in total. The van der Waals surface area contributed by atoms with Crippen molar-refractivity contribution in [3.05, 3.63) is 18.0 Å². The summed E-state index contributed by atoms with van der Waals surface area (Å²) in [6.07, 6.45) is 4.47. The van der Waals surface area contributed by atoms with Crippen LogP contribution in [0.2, 0.25) is 0 Å². The van der Waals surface area contributed by atoms with E-state index < -0.39 is 5.97 Å². The Morgan fingerprint density at radius 1 is 1.59 bits per heavy atom. The summed E-state index contributed by atoms with van der Waals surface area (Å²) < 4.78 is 1.68. The molecule has 0 saturated carbocycles. The number of nitrogens with one attached hydrogen (secondary N) is 1. The Labute approximate surface area is 99.6 Å². The number of carboxylic acid groups (broad SMARTS) is 1. The molecule has 17 heavy (non-hydrogen) atoms. The first kappa shape index (κ1) is 13.2. The number of carboxylic acids is 1. The summed E-state index contributed by atoms with van der Waals surface area (Å²) >= 11 is 0. The molecule has 0 radical (unpaired) electrons. The van der Waals surface area contributed by atoms with Crippen molar-refractivity contribution in [1.82, 2.24) is 15.1 Å². The maximum Gasteiger partial charge on any atom is 0.305 e. The van der Waals surface area contributed by atoms with E-state index in [1.807, 2.05) is 13.2 Å². The molecule has 94 valence electrons. The molecule has 0 bridgehead atoms. The van der Waals surface area contributed by atoms with Crippen molar-refractivity contribution < 1.29 is 14.7 Å². The second kappa shape index (κ2) is 6.03. The summed E-state index contributed by atoms with van der Waals surface area (Å²) in [6.45, 7) is 1.68. The molecule has 1 heterocycles. The van der Waals surface area contributed by atoms with E-state index in [0.717, 1.165) is 5.56 Å². The normalized spacial score (nSPS) is 12.1. The predicted molar refractivity (Wildman–Crippen MR) is 61.4 cm³/mol. The van der Waals surface area contributed by atoms with Crippen molar-refractivity contribution in [2.75, 3.05) is 0 Å². The molecule has 1 amide bonds. The van der Waals surface area contributed by atoms with Crippen molar-refractivity contribution >= 4 is 11.9 Å². The van der Waals surface area contributed by atoms with Gasteiger partial charge in [0.2, 0.25) is 5.91 Å². The molecule has 0 aromatic carbocycles. The Morgan fingerprint density at radius 2 is 2.29 bits per heavy atom. The Bertz CT molecular complexity index is 400. The number of hydrogen-bond acceptors (Lipinski definition) is 3. The lowest BCUT2D eigenvalue weighted by Crippen LogP contribution is -2.34. The fourth-order valence-electron chi connectivity index (χ4n) is 1.52. The van der Waals surface area contributed by atoms with Gasteiger partial charge in [0.05, 0.1) is 12.6 Å². The van der Waals surface area contributed by atoms with E-state index in [2.05, 4.69) is 10.4 Å². The van der Waals surface area contributed by atoms with Crippen LogP contribution in [-0.2, 0) is 23.1 Å². The fourth-order valence-corrected chi connectivity index (χ4v) is 1.52. The monoisotopic (exact) mass is 239 g/mol. The topological polar surface area (TPSA) is 84.2 Å². The van der Waals surface area contributed by atoms with E-state index in [9.17, 15) is 9.59 Å². The molecule has 2 N–H and O–H groups in total. The number of rotatable bonds is 6. The highest BCUT2D eigenvalue weighted by atomic mass is 16.4. The van der Waals surface area contributed by atoms with Gasteiger partial charge in [0, 0.05) is 25.7 Å². The first-order valence-electron chi connectivity index (χ1n) is 5.46. The number of aryl methyl sites for hydroxylation is 2. The van der Waals surface area contributed by atoms with Crippen LogP contribution in [0.15, 0.2) is 12.4 Å². The zero-order valence-corrected chi connectivity index (χ0v) is 10.0. The zero-order valence-electron chi connectivity index (χ0n) is 10.0. The lowest BCUT2D eigenvalue weighted by molar-refractivity contribution is -0.137. The largest absolute Gasteiger partial charge is 0.481 e. The molecule has 1 unspecified atom stereocenters. The summed E-state index contributed by atoms with van der Waals surface area (Å²) in [5.41, 5.74) is 0.994. The number of aromatic nitrogens is 2. The summed E-state index contributed by atoms with van der Waals surface area (Å²) in [6, 6.07) is -0.339. The van der Waals surface area contributed by atoms with Crippen LogP contribution >= 0.6 is 0 Å². The SMILES string of the molecule is CC(CC(=O)O)NC(=O)CCc1cnn(C)c1. The number of aliphatic carboxylic acids is 1. The van der Waals surface area contributed by atoms with Gasteiger partial charge in [-0.2, -0.15) is 5.10 Å². The number of amides is 1. The number of carbonyl (C=O) groups excluding carboxylic acids is 1. The van der Waals surface area contributed by atoms with E-state index in [0.29, 0.717) is 12.8 Å². The maximum absolute atomic E-state index is 11.5. The predicted octanol–water partition coefficient (Wildman–Crippen LogP) is 0.332. The first-order chi connectivity index (χ1) is 7.97. The molecule has 0 aliphatic rings. The molecular formula is C11H17N3O3. The van der Waals surface area contributed by atoms with Crippen LogP contribution in [0.25, 0.3) is 0 Å². The van der Waals surface area contributed by atoms with Crippen molar-refractivity contribution in [3.8, 4) is 0 Å². The van der Waals surface area contributed by atoms with E-state index in [1.54, 1.807) is 17.8 Å². The zero-order chi connectivity index (χ0) is 12.8. The van der Waals surface area contributed by atoms with Gasteiger partial charge in [-0.05, 0) is 18.9 Å². The molecule has 0 spiro atoms. The Balaban J connectivity index is 2.28. The average Bonchev–Trinajstić information content (AvgIpc) is 2.59. The third kappa shape index (κ3) is 5.14. The summed E-state index contributed by atoms with van der Waals surface area (Å²) in [4.78, 5) is 21.9. The second-order valence-corrected chi connectivity index (χ2v) is 4.09. The molecule has 1 aromatic heterocycles. The van der Waals surface area contributed by atoms with Gasteiger partial charge in [-0.15, -0.1) is 0 Å². The van der Waals surface area contributed by atoms with Gasteiger partial charge in [0.25, 0.3) is 0 Å². The van der Waals surface area contributed by atoms with Crippen LogP contribution in [0.4, 0.5) is 0 Å². The van der Waals surface area contributed by atoms with Gasteiger partial charge in [0.1, 0.15) is 0 Å². The maximum atomic E-state index is 11.5. The van der Waals surface area contributed by atoms with Crippen molar-refractivity contribution in [1.29, 1.82) is 0 Å². The minimum Gasteiger partial charge on any atom is -0.481 e. The average molecular weight is 239 g/mol. The van der Waals surface area contributed by atoms with Gasteiger partial charge in [-0.3, -0.25) is 14.3 Å². The molecule has 1 atom stereocenters. The first-order valence-corrected chi connectivity index (χ1v) is 5.46. The van der Waals surface area contributed by atoms with Crippen molar-refractivity contribution in [2.24, 2.45) is 7.05 Å². The Hall–Kier alpha value is -1.85. The van der Waals surface area contributed by atoms with Crippen LogP contribution in [0.1, 0.15) is 25.3 Å². The third-order valence-electron chi connectivity index (χ3n) is 2.29. The van der Waals surface area contributed by atoms with Gasteiger partial charge < -0.3 is 10.4 Å². The van der Waals surface area contributed by atoms with Crippen LogP contribution in [-0.4, -0.2) is 32.8 Å². The molecule has 1 aromatic rings.